The molecule has 1 rings (SSSR count). The Morgan fingerprint density at radius 3 is 2.22 bits per heavy atom. The number of halogens is 2. The molecular formula is C13H20F2N2O. The molecule has 3 nitrogen and oxygen atoms in total. The van der Waals surface area contributed by atoms with Gasteiger partial charge in [-0.15, -0.1) is 0 Å². The Labute approximate surface area is 106 Å². The summed E-state index contributed by atoms with van der Waals surface area (Å²) in [7, 11) is 0. The fourth-order valence-corrected chi connectivity index (χ4v) is 1.72. The summed E-state index contributed by atoms with van der Waals surface area (Å²) in [6.07, 6.45) is 0. The number of nitrogens with one attached hydrogen (secondary N) is 1. The molecule has 3 atom stereocenters. The van der Waals surface area contributed by atoms with E-state index in [0.717, 1.165) is 6.07 Å². The van der Waals surface area contributed by atoms with Gasteiger partial charge in [-0.25, -0.2) is 8.78 Å². The van der Waals surface area contributed by atoms with Gasteiger partial charge >= 0.3 is 0 Å². The summed E-state index contributed by atoms with van der Waals surface area (Å²) in [4.78, 5) is 0. The predicted molar refractivity (Wildman–Crippen MR) is 67.0 cm³/mol. The molecule has 1 aromatic rings. The maximum absolute atomic E-state index is 13.1. The van der Waals surface area contributed by atoms with Crippen LogP contribution in [0.2, 0.25) is 0 Å². The molecule has 18 heavy (non-hydrogen) atoms. The Morgan fingerprint density at radius 2 is 1.78 bits per heavy atom. The molecule has 102 valence electrons. The van der Waals surface area contributed by atoms with E-state index in [4.69, 9.17) is 10.8 Å². The molecule has 0 radical (unpaired) electrons. The van der Waals surface area contributed by atoms with Gasteiger partial charge in [0.15, 0.2) is 0 Å². The fourth-order valence-electron chi connectivity index (χ4n) is 1.72. The number of rotatable bonds is 6. The lowest BCUT2D eigenvalue weighted by molar-refractivity contribution is 0.201. The zero-order chi connectivity index (χ0) is 13.7. The highest BCUT2D eigenvalue weighted by molar-refractivity contribution is 5.22. The molecule has 0 saturated heterocycles. The molecule has 0 aliphatic heterocycles. The quantitative estimate of drug-likeness (QED) is 0.726. The minimum atomic E-state index is -0.617. The number of aliphatic hydroxyl groups excluding tert-OH is 1. The molecular weight excluding hydrogens is 238 g/mol. The van der Waals surface area contributed by atoms with E-state index >= 15 is 0 Å². The van der Waals surface area contributed by atoms with E-state index in [9.17, 15) is 8.78 Å². The minimum absolute atomic E-state index is 0.00474. The number of benzene rings is 1. The van der Waals surface area contributed by atoms with E-state index in [-0.39, 0.29) is 31.2 Å². The van der Waals surface area contributed by atoms with Gasteiger partial charge in [-0.1, -0.05) is 6.92 Å². The van der Waals surface area contributed by atoms with Crippen LogP contribution >= 0.6 is 0 Å². The van der Waals surface area contributed by atoms with Crippen molar-refractivity contribution >= 4 is 0 Å². The summed E-state index contributed by atoms with van der Waals surface area (Å²) in [6.45, 7) is 4.06. The summed E-state index contributed by atoms with van der Waals surface area (Å²) < 4.78 is 26.3. The van der Waals surface area contributed by atoms with Crippen LogP contribution in [-0.4, -0.2) is 24.3 Å². The minimum Gasteiger partial charge on any atom is -0.396 e. The van der Waals surface area contributed by atoms with E-state index < -0.39 is 11.6 Å². The van der Waals surface area contributed by atoms with Crippen LogP contribution in [0.5, 0.6) is 0 Å². The van der Waals surface area contributed by atoms with E-state index in [0.29, 0.717) is 5.56 Å². The number of nitrogens with two attached hydrogens (primary N) is 1. The number of hydrogen-bond acceptors (Lipinski definition) is 3. The van der Waals surface area contributed by atoms with Crippen molar-refractivity contribution in [1.29, 1.82) is 0 Å². The molecule has 0 aliphatic rings. The maximum Gasteiger partial charge on any atom is 0.126 e. The summed E-state index contributed by atoms with van der Waals surface area (Å²) in [5.74, 6) is -1.20. The van der Waals surface area contributed by atoms with E-state index in [1.807, 2.05) is 13.8 Å². The lowest BCUT2D eigenvalue weighted by atomic mass is 10.0. The number of hydrogen-bond donors (Lipinski definition) is 3. The molecule has 0 amide bonds. The average molecular weight is 258 g/mol. The van der Waals surface area contributed by atoms with Crippen molar-refractivity contribution in [3.8, 4) is 0 Å². The van der Waals surface area contributed by atoms with Gasteiger partial charge in [0, 0.05) is 31.3 Å². The van der Waals surface area contributed by atoms with Crippen molar-refractivity contribution in [3.05, 3.63) is 35.4 Å². The van der Waals surface area contributed by atoms with Gasteiger partial charge in [-0.3, -0.25) is 0 Å². The lowest BCUT2D eigenvalue weighted by Gasteiger charge is -2.26. The fraction of sp³-hybridized carbons (Fsp3) is 0.538. The van der Waals surface area contributed by atoms with Crippen LogP contribution in [0.15, 0.2) is 18.2 Å². The van der Waals surface area contributed by atoms with Gasteiger partial charge in [0.1, 0.15) is 11.6 Å². The van der Waals surface area contributed by atoms with Crippen molar-refractivity contribution in [1.82, 2.24) is 5.32 Å². The Balaban J connectivity index is 2.82. The second-order valence-electron chi connectivity index (χ2n) is 4.61. The summed E-state index contributed by atoms with van der Waals surface area (Å²) >= 11 is 0. The molecule has 0 bridgehead atoms. The molecule has 0 aliphatic carbocycles. The third-order valence-electron chi connectivity index (χ3n) is 3.13. The summed E-state index contributed by atoms with van der Waals surface area (Å²) in [5.41, 5.74) is 6.10. The second-order valence-corrected chi connectivity index (χ2v) is 4.61. The highest BCUT2D eigenvalue weighted by Gasteiger charge is 2.18. The maximum atomic E-state index is 13.1. The monoisotopic (exact) mass is 258 g/mol. The number of aliphatic hydroxyl groups is 1. The van der Waals surface area contributed by atoms with E-state index in [1.54, 1.807) is 0 Å². The zero-order valence-electron chi connectivity index (χ0n) is 10.7. The first-order valence-electron chi connectivity index (χ1n) is 6.01. The van der Waals surface area contributed by atoms with Crippen molar-refractivity contribution < 1.29 is 13.9 Å². The Hall–Kier alpha value is -1.04. The van der Waals surface area contributed by atoms with E-state index in [1.165, 1.54) is 12.1 Å². The molecule has 0 saturated carbocycles. The standard InChI is InChI=1S/C13H20F2N2O/c1-8(7-18)9(2)17-13(6-16)10-3-11(14)5-12(15)4-10/h3-5,8-9,13,17-18H,6-7,16H2,1-2H3. The second kappa shape index (κ2) is 6.78. The van der Waals surface area contributed by atoms with Crippen molar-refractivity contribution in [3.63, 3.8) is 0 Å². The Kier molecular flexibility index (Phi) is 5.65. The van der Waals surface area contributed by atoms with Crippen molar-refractivity contribution in [2.45, 2.75) is 25.9 Å². The topological polar surface area (TPSA) is 58.3 Å². The van der Waals surface area contributed by atoms with Gasteiger partial charge in [0.25, 0.3) is 0 Å². The molecule has 0 heterocycles. The normalized spacial score (nSPS) is 16.3. The SMILES string of the molecule is CC(CO)C(C)NC(CN)c1cc(F)cc(F)c1. The first-order chi connectivity index (χ1) is 8.47. The summed E-state index contributed by atoms with van der Waals surface area (Å²) in [5, 5.41) is 12.2. The van der Waals surface area contributed by atoms with Gasteiger partial charge in [-0.2, -0.15) is 0 Å². The van der Waals surface area contributed by atoms with Crippen LogP contribution in [-0.2, 0) is 0 Å². The predicted octanol–water partition coefficient (Wildman–Crippen LogP) is 1.57. The molecule has 0 fully saturated rings. The van der Waals surface area contributed by atoms with Crippen LogP contribution in [0, 0.1) is 17.6 Å². The largest absolute Gasteiger partial charge is 0.396 e. The van der Waals surface area contributed by atoms with Crippen molar-refractivity contribution in [2.24, 2.45) is 11.7 Å². The smallest absolute Gasteiger partial charge is 0.126 e. The van der Waals surface area contributed by atoms with Crippen LogP contribution in [0.4, 0.5) is 8.78 Å². The van der Waals surface area contributed by atoms with Crippen molar-refractivity contribution in [2.75, 3.05) is 13.2 Å². The molecule has 3 unspecified atom stereocenters. The van der Waals surface area contributed by atoms with Crippen LogP contribution in [0.1, 0.15) is 25.5 Å². The summed E-state index contributed by atoms with van der Waals surface area (Å²) in [6, 6.07) is 3.03. The molecule has 0 aromatic heterocycles. The first-order valence-corrected chi connectivity index (χ1v) is 6.01. The van der Waals surface area contributed by atoms with Crippen LogP contribution in [0.3, 0.4) is 0 Å². The third kappa shape index (κ3) is 4.01. The van der Waals surface area contributed by atoms with Crippen LogP contribution < -0.4 is 11.1 Å². The van der Waals surface area contributed by atoms with E-state index in [2.05, 4.69) is 5.32 Å². The Morgan fingerprint density at radius 1 is 1.22 bits per heavy atom. The first kappa shape index (κ1) is 15.0. The highest BCUT2D eigenvalue weighted by Crippen LogP contribution is 2.17. The third-order valence-corrected chi connectivity index (χ3v) is 3.13. The van der Waals surface area contributed by atoms with Gasteiger partial charge in [0.2, 0.25) is 0 Å². The molecule has 0 spiro atoms. The Bertz CT molecular complexity index is 367. The molecule has 4 N–H and O–H groups in total. The van der Waals surface area contributed by atoms with Gasteiger partial charge in [-0.05, 0) is 30.5 Å². The van der Waals surface area contributed by atoms with Gasteiger partial charge in [0.05, 0.1) is 0 Å². The molecule has 5 heteroatoms. The highest BCUT2D eigenvalue weighted by atomic mass is 19.1. The zero-order valence-corrected chi connectivity index (χ0v) is 10.7. The lowest BCUT2D eigenvalue weighted by Crippen LogP contribution is -2.39. The van der Waals surface area contributed by atoms with Gasteiger partial charge < -0.3 is 16.2 Å². The molecule has 1 aromatic carbocycles. The van der Waals surface area contributed by atoms with Crippen LogP contribution in [0.25, 0.3) is 0 Å². The average Bonchev–Trinajstić information content (AvgIpc) is 2.33.